The Hall–Kier alpha value is -3.02. The van der Waals surface area contributed by atoms with Crippen LogP contribution in [-0.2, 0) is 21.0 Å². The maximum Gasteiger partial charge on any atom is 0.418 e. The van der Waals surface area contributed by atoms with Crippen molar-refractivity contribution in [3.63, 3.8) is 0 Å². The maximum absolute atomic E-state index is 13.3. The zero-order valence-electron chi connectivity index (χ0n) is 19.9. The van der Waals surface area contributed by atoms with Crippen molar-refractivity contribution in [1.29, 1.82) is 0 Å². The van der Waals surface area contributed by atoms with E-state index in [0.717, 1.165) is 37.7 Å². The van der Waals surface area contributed by atoms with E-state index in [4.69, 9.17) is 0 Å². The molecule has 0 spiro atoms. The number of alkyl halides is 3. The number of piperidine rings is 1. The van der Waals surface area contributed by atoms with E-state index in [1.807, 2.05) is 0 Å². The van der Waals surface area contributed by atoms with Crippen LogP contribution in [-0.4, -0.2) is 38.9 Å². The van der Waals surface area contributed by atoms with Crippen LogP contribution in [0.2, 0.25) is 0 Å². The number of amides is 1. The van der Waals surface area contributed by atoms with E-state index < -0.39 is 21.8 Å². The van der Waals surface area contributed by atoms with Gasteiger partial charge in [-0.2, -0.15) is 13.2 Å². The van der Waals surface area contributed by atoms with E-state index in [2.05, 4.69) is 20.3 Å². The monoisotopic (exact) mass is 532 g/mol. The van der Waals surface area contributed by atoms with Crippen LogP contribution in [0, 0.1) is 11.8 Å². The summed E-state index contributed by atoms with van der Waals surface area (Å²) in [6, 6.07) is 10.9. The van der Waals surface area contributed by atoms with Crippen molar-refractivity contribution in [1.82, 2.24) is 15.0 Å². The number of nitrogens with one attached hydrogen (secondary N) is 3. The van der Waals surface area contributed by atoms with Crippen LogP contribution in [0.15, 0.2) is 59.8 Å². The van der Waals surface area contributed by atoms with Crippen molar-refractivity contribution in [3.8, 4) is 0 Å². The van der Waals surface area contributed by atoms with Gasteiger partial charge < -0.3 is 10.6 Å². The van der Waals surface area contributed by atoms with E-state index in [-0.39, 0.29) is 39.6 Å². The number of anilines is 1. The highest BCUT2D eigenvalue weighted by atomic mass is 32.2. The highest BCUT2D eigenvalue weighted by molar-refractivity contribution is 7.89. The maximum atomic E-state index is 13.3. The van der Waals surface area contributed by atoms with Gasteiger partial charge in [0.2, 0.25) is 15.9 Å². The molecule has 5 rings (SSSR count). The Kier molecular flexibility index (Phi) is 6.95. The lowest BCUT2D eigenvalue weighted by Crippen LogP contribution is -2.38. The van der Waals surface area contributed by atoms with Gasteiger partial charge in [-0.1, -0.05) is 18.2 Å². The second kappa shape index (κ2) is 10.0. The van der Waals surface area contributed by atoms with Crippen LogP contribution in [0.5, 0.6) is 0 Å². The minimum Gasteiger partial charge on any atom is -0.326 e. The molecular weight excluding hydrogens is 505 g/mol. The third-order valence-electron chi connectivity index (χ3n) is 7.04. The SMILES string of the molecule is O=C(Nc1ccc2cncc(C(F)(F)F)c2c1)[C@@H]1C[C@H]1c1ccc(S(=O)(=O)NC[C@@H]2CCCNC2)cc1. The van der Waals surface area contributed by atoms with Crippen molar-refractivity contribution in [2.45, 2.75) is 36.3 Å². The number of sulfonamides is 1. The highest BCUT2D eigenvalue weighted by Gasteiger charge is 2.44. The number of hydrogen-bond acceptors (Lipinski definition) is 5. The predicted molar refractivity (Wildman–Crippen MR) is 133 cm³/mol. The van der Waals surface area contributed by atoms with Crippen molar-refractivity contribution in [2.24, 2.45) is 11.8 Å². The number of nitrogens with zero attached hydrogens (tertiary/aromatic N) is 1. The summed E-state index contributed by atoms with van der Waals surface area (Å²) in [7, 11) is -3.63. The van der Waals surface area contributed by atoms with E-state index >= 15 is 0 Å². The zero-order chi connectivity index (χ0) is 26.2. The van der Waals surface area contributed by atoms with Gasteiger partial charge in [0.1, 0.15) is 0 Å². The lowest BCUT2D eigenvalue weighted by atomic mass is 10.0. The summed E-state index contributed by atoms with van der Waals surface area (Å²) in [5.41, 5.74) is 0.269. The number of fused-ring (bicyclic) bond motifs is 1. The number of carbonyl (C=O) groups is 1. The van der Waals surface area contributed by atoms with Crippen molar-refractivity contribution in [3.05, 3.63) is 66.0 Å². The fraction of sp³-hybridized carbons (Fsp3) is 0.385. The molecule has 11 heteroatoms. The first-order chi connectivity index (χ1) is 17.6. The van der Waals surface area contributed by atoms with Crippen LogP contribution in [0.1, 0.15) is 36.3 Å². The zero-order valence-corrected chi connectivity index (χ0v) is 20.7. The normalized spacial score (nSPS) is 22.1. The third-order valence-corrected chi connectivity index (χ3v) is 8.48. The Labute approximate surface area is 212 Å². The fourth-order valence-corrected chi connectivity index (χ4v) is 5.97. The molecule has 37 heavy (non-hydrogen) atoms. The Morgan fingerprint density at radius 2 is 1.89 bits per heavy atom. The predicted octanol–water partition coefficient (Wildman–Crippen LogP) is 4.27. The summed E-state index contributed by atoms with van der Waals surface area (Å²) in [5.74, 6) is -0.428. The molecular formula is C26H27F3N4O3S. The van der Waals surface area contributed by atoms with Crippen LogP contribution < -0.4 is 15.4 Å². The standard InChI is InChI=1S/C26H27F3N4O3S/c27-26(28,29)24-15-31-14-18-3-6-19(10-22(18)24)33-25(34)23-11-21(23)17-4-7-20(8-5-17)37(35,36)32-13-16-2-1-9-30-12-16/h3-8,10,14-16,21,23,30,32H,1-2,9,11-13H2,(H,33,34)/t16-,21+,23-/m1/s1. The average molecular weight is 533 g/mol. The van der Waals surface area contributed by atoms with Crippen LogP contribution in [0.3, 0.4) is 0 Å². The smallest absolute Gasteiger partial charge is 0.326 e. The molecule has 3 atom stereocenters. The van der Waals surface area contributed by atoms with Gasteiger partial charge in [0.05, 0.1) is 10.5 Å². The van der Waals surface area contributed by atoms with Gasteiger partial charge in [0.15, 0.2) is 0 Å². The summed E-state index contributed by atoms with van der Waals surface area (Å²) in [6.45, 7) is 2.15. The van der Waals surface area contributed by atoms with Gasteiger partial charge >= 0.3 is 6.18 Å². The van der Waals surface area contributed by atoms with E-state index in [1.165, 1.54) is 18.3 Å². The molecule has 1 aliphatic heterocycles. The molecule has 0 unspecified atom stereocenters. The van der Waals surface area contributed by atoms with Crippen LogP contribution >= 0.6 is 0 Å². The van der Waals surface area contributed by atoms with Crippen molar-refractivity contribution in [2.75, 3.05) is 25.0 Å². The second-order valence-corrected chi connectivity index (χ2v) is 11.5. The van der Waals surface area contributed by atoms with Crippen LogP contribution in [0.4, 0.5) is 18.9 Å². The summed E-state index contributed by atoms with van der Waals surface area (Å²) in [4.78, 5) is 16.6. The number of aromatic nitrogens is 1. The number of carbonyl (C=O) groups excluding carboxylic acids is 1. The molecule has 1 amide bonds. The molecule has 7 nitrogen and oxygen atoms in total. The quantitative estimate of drug-likeness (QED) is 0.422. The van der Waals surface area contributed by atoms with Gasteiger partial charge in [-0.25, -0.2) is 13.1 Å². The van der Waals surface area contributed by atoms with Gasteiger partial charge in [-0.3, -0.25) is 9.78 Å². The van der Waals surface area contributed by atoms with Gasteiger partial charge in [0, 0.05) is 35.9 Å². The molecule has 2 fully saturated rings. The number of pyridine rings is 1. The molecule has 2 aliphatic rings. The molecule has 0 bridgehead atoms. The number of rotatable bonds is 7. The molecule has 0 radical (unpaired) electrons. The third kappa shape index (κ3) is 5.78. The molecule has 1 saturated heterocycles. The lowest BCUT2D eigenvalue weighted by molar-refractivity contribution is -0.136. The van der Waals surface area contributed by atoms with Gasteiger partial charge in [-0.15, -0.1) is 0 Å². The molecule has 1 saturated carbocycles. The van der Waals surface area contributed by atoms with Gasteiger partial charge in [-0.05, 0) is 79.4 Å². The molecule has 2 heterocycles. The Morgan fingerprint density at radius 1 is 1.11 bits per heavy atom. The minimum atomic E-state index is -4.56. The first-order valence-corrected chi connectivity index (χ1v) is 13.7. The second-order valence-electron chi connectivity index (χ2n) is 9.69. The van der Waals surface area contributed by atoms with Crippen molar-refractivity contribution < 1.29 is 26.4 Å². The van der Waals surface area contributed by atoms with E-state index in [1.54, 1.807) is 30.3 Å². The lowest BCUT2D eigenvalue weighted by Gasteiger charge is -2.22. The van der Waals surface area contributed by atoms with Gasteiger partial charge in [0.25, 0.3) is 0 Å². The Morgan fingerprint density at radius 3 is 2.59 bits per heavy atom. The first-order valence-electron chi connectivity index (χ1n) is 12.2. The molecule has 1 aromatic heterocycles. The molecule has 3 N–H and O–H groups in total. The molecule has 3 aromatic rings. The fourth-order valence-electron chi connectivity index (χ4n) is 4.86. The molecule has 2 aromatic carbocycles. The topological polar surface area (TPSA) is 100 Å². The summed E-state index contributed by atoms with van der Waals surface area (Å²) < 4.78 is 68.0. The van der Waals surface area contributed by atoms with E-state index in [9.17, 15) is 26.4 Å². The van der Waals surface area contributed by atoms with E-state index in [0.29, 0.717) is 18.4 Å². The molecule has 1 aliphatic carbocycles. The summed E-state index contributed by atoms with van der Waals surface area (Å²) in [5, 5.41) is 6.29. The Bertz CT molecular complexity index is 1400. The largest absolute Gasteiger partial charge is 0.418 e. The molecule has 196 valence electrons. The number of halogens is 3. The number of benzene rings is 2. The average Bonchev–Trinajstić information content (AvgIpc) is 3.69. The summed E-state index contributed by atoms with van der Waals surface area (Å²) >= 11 is 0. The van der Waals surface area contributed by atoms with Crippen LogP contribution in [0.25, 0.3) is 10.8 Å². The minimum absolute atomic E-state index is 0.0298. The Balaban J connectivity index is 1.21. The highest BCUT2D eigenvalue weighted by Crippen LogP contribution is 2.48. The first kappa shape index (κ1) is 25.6. The summed E-state index contributed by atoms with van der Waals surface area (Å²) in [6.07, 6.45) is 0.163. The van der Waals surface area contributed by atoms with Crippen molar-refractivity contribution >= 4 is 32.4 Å². The number of hydrogen-bond donors (Lipinski definition) is 3.